The van der Waals surface area contributed by atoms with E-state index in [9.17, 15) is 0 Å². The van der Waals surface area contributed by atoms with Crippen molar-refractivity contribution in [2.24, 2.45) is 5.73 Å². The van der Waals surface area contributed by atoms with Crippen molar-refractivity contribution in [1.29, 1.82) is 0 Å². The molecule has 0 atom stereocenters. The zero-order valence-corrected chi connectivity index (χ0v) is 12.6. The van der Waals surface area contributed by atoms with Crippen LogP contribution in [0.4, 0.5) is 0 Å². The summed E-state index contributed by atoms with van der Waals surface area (Å²) in [4.78, 5) is 0. The molecule has 1 aromatic carbocycles. The maximum Gasteiger partial charge on any atom is 0.180 e. The summed E-state index contributed by atoms with van der Waals surface area (Å²) in [7, 11) is 3.13. The van der Waals surface area contributed by atoms with Crippen LogP contribution in [-0.2, 0) is 24.5 Å². The van der Waals surface area contributed by atoms with Gasteiger partial charge >= 0.3 is 0 Å². The molecule has 0 radical (unpaired) electrons. The van der Waals surface area contributed by atoms with E-state index in [4.69, 9.17) is 36.1 Å². The molecule has 1 aromatic heterocycles. The van der Waals surface area contributed by atoms with Crippen molar-refractivity contribution < 1.29 is 18.7 Å². The van der Waals surface area contributed by atoms with Crippen LogP contribution in [0.3, 0.4) is 0 Å². The second kappa shape index (κ2) is 7.31. The summed E-state index contributed by atoms with van der Waals surface area (Å²) in [5, 5.41) is 4.33. The predicted molar refractivity (Wildman–Crippen MR) is 77.4 cm³/mol. The lowest BCUT2D eigenvalue weighted by molar-refractivity contribution is 0.155. The molecule has 0 aliphatic carbocycles. The molecule has 0 saturated carbocycles. The van der Waals surface area contributed by atoms with Gasteiger partial charge in [0.2, 0.25) is 0 Å². The summed E-state index contributed by atoms with van der Waals surface area (Å²) in [5.74, 6) is 1.61. The molecule has 0 amide bonds. The van der Waals surface area contributed by atoms with Crippen molar-refractivity contribution >= 4 is 11.6 Å². The molecule has 0 fully saturated rings. The first kappa shape index (κ1) is 15.6. The van der Waals surface area contributed by atoms with Gasteiger partial charge in [-0.15, -0.1) is 0 Å². The second-order valence-electron chi connectivity index (χ2n) is 4.32. The van der Waals surface area contributed by atoms with E-state index in [0.717, 1.165) is 5.56 Å². The average Bonchev–Trinajstić information content (AvgIpc) is 2.93. The lowest BCUT2D eigenvalue weighted by Gasteiger charge is -2.12. The number of hydrogen-bond donors (Lipinski definition) is 1. The third-order valence-electron chi connectivity index (χ3n) is 2.78. The van der Waals surface area contributed by atoms with E-state index >= 15 is 0 Å². The monoisotopic (exact) mass is 312 g/mol. The molecule has 0 aliphatic heterocycles. The molecule has 0 aliphatic rings. The maximum absolute atomic E-state index is 6.19. The number of ether oxygens (including phenoxy) is 3. The number of methoxy groups -OCH3 is 2. The van der Waals surface area contributed by atoms with Crippen molar-refractivity contribution in [3.05, 3.63) is 40.2 Å². The summed E-state index contributed by atoms with van der Waals surface area (Å²) in [5.41, 5.74) is 7.11. The van der Waals surface area contributed by atoms with E-state index in [2.05, 4.69) is 5.16 Å². The Morgan fingerprint density at radius 2 is 2.05 bits per heavy atom. The number of rotatable bonds is 7. The van der Waals surface area contributed by atoms with E-state index in [1.165, 1.54) is 0 Å². The SMILES string of the molecule is COCc1cc(COc2c(Cl)cc(CN)cc2OC)no1. The quantitative estimate of drug-likeness (QED) is 0.846. The summed E-state index contributed by atoms with van der Waals surface area (Å²) in [6.07, 6.45) is 0. The smallest absolute Gasteiger partial charge is 0.180 e. The van der Waals surface area contributed by atoms with Gasteiger partial charge in [-0.25, -0.2) is 0 Å². The van der Waals surface area contributed by atoms with E-state index in [1.54, 1.807) is 32.4 Å². The van der Waals surface area contributed by atoms with Crippen LogP contribution in [0.5, 0.6) is 11.5 Å². The molecule has 1 heterocycles. The molecule has 2 N–H and O–H groups in total. The Hall–Kier alpha value is -1.76. The van der Waals surface area contributed by atoms with Crippen molar-refractivity contribution in [3.63, 3.8) is 0 Å². The number of aromatic nitrogens is 1. The van der Waals surface area contributed by atoms with Crippen molar-refractivity contribution in [2.45, 2.75) is 19.8 Å². The molecule has 0 spiro atoms. The van der Waals surface area contributed by atoms with Gasteiger partial charge in [0, 0.05) is 19.7 Å². The topological polar surface area (TPSA) is 79.7 Å². The Kier molecular flexibility index (Phi) is 5.44. The first-order valence-corrected chi connectivity index (χ1v) is 6.68. The fraction of sp³-hybridized carbons (Fsp3) is 0.357. The van der Waals surface area contributed by atoms with Crippen molar-refractivity contribution in [2.75, 3.05) is 14.2 Å². The standard InChI is InChI=1S/C14H17ClN2O4/c1-18-8-11-5-10(17-21-11)7-20-14-12(15)3-9(6-16)4-13(14)19-2/h3-5H,6-8,16H2,1-2H3. The average molecular weight is 313 g/mol. The Bertz CT molecular complexity index is 601. The number of nitrogens with two attached hydrogens (primary N) is 1. The van der Waals surface area contributed by atoms with Crippen molar-refractivity contribution in [1.82, 2.24) is 5.16 Å². The first-order valence-electron chi connectivity index (χ1n) is 6.30. The van der Waals surface area contributed by atoms with E-state index in [-0.39, 0.29) is 6.61 Å². The fourth-order valence-corrected chi connectivity index (χ4v) is 2.10. The minimum atomic E-state index is 0.214. The van der Waals surface area contributed by atoms with Crippen LogP contribution in [0.1, 0.15) is 17.0 Å². The molecular formula is C14H17ClN2O4. The molecule has 2 aromatic rings. The number of nitrogens with zero attached hydrogens (tertiary/aromatic N) is 1. The van der Waals surface area contributed by atoms with Crippen LogP contribution < -0.4 is 15.2 Å². The molecule has 6 nitrogen and oxygen atoms in total. The highest BCUT2D eigenvalue weighted by molar-refractivity contribution is 6.32. The second-order valence-corrected chi connectivity index (χ2v) is 4.73. The Morgan fingerprint density at radius 1 is 1.24 bits per heavy atom. The largest absolute Gasteiger partial charge is 0.493 e. The summed E-state index contributed by atoms with van der Waals surface area (Å²) < 4.78 is 21.0. The van der Waals surface area contributed by atoms with E-state index < -0.39 is 0 Å². The fourth-order valence-electron chi connectivity index (χ4n) is 1.81. The molecule has 21 heavy (non-hydrogen) atoms. The van der Waals surface area contributed by atoms with Crippen LogP contribution in [0.25, 0.3) is 0 Å². The summed E-state index contributed by atoms with van der Waals surface area (Å²) >= 11 is 6.19. The van der Waals surface area contributed by atoms with Crippen LogP contribution in [0.2, 0.25) is 5.02 Å². The molecular weight excluding hydrogens is 296 g/mol. The van der Waals surface area contributed by atoms with E-state index in [1.807, 2.05) is 0 Å². The Balaban J connectivity index is 2.11. The van der Waals surface area contributed by atoms with Gasteiger partial charge in [0.15, 0.2) is 17.3 Å². The molecule has 0 bridgehead atoms. The first-order chi connectivity index (χ1) is 10.2. The Labute approximate surface area is 127 Å². The summed E-state index contributed by atoms with van der Waals surface area (Å²) in [6, 6.07) is 5.30. The maximum atomic E-state index is 6.19. The summed E-state index contributed by atoms with van der Waals surface area (Å²) in [6.45, 7) is 0.952. The molecule has 0 unspecified atom stereocenters. The molecule has 0 saturated heterocycles. The molecule has 2 rings (SSSR count). The highest BCUT2D eigenvalue weighted by Crippen LogP contribution is 2.36. The van der Waals surface area contributed by atoms with E-state index in [0.29, 0.717) is 41.1 Å². The van der Waals surface area contributed by atoms with Crippen molar-refractivity contribution in [3.8, 4) is 11.5 Å². The van der Waals surface area contributed by atoms with Crippen LogP contribution >= 0.6 is 11.6 Å². The van der Waals surface area contributed by atoms with Crippen LogP contribution in [0.15, 0.2) is 22.7 Å². The lowest BCUT2D eigenvalue weighted by atomic mass is 10.2. The Morgan fingerprint density at radius 3 is 2.71 bits per heavy atom. The molecule has 7 heteroatoms. The van der Waals surface area contributed by atoms with Gasteiger partial charge in [0.05, 0.1) is 12.1 Å². The predicted octanol–water partition coefficient (Wildman–Crippen LogP) is 2.52. The minimum absolute atomic E-state index is 0.214. The highest BCUT2D eigenvalue weighted by Gasteiger charge is 2.13. The van der Waals surface area contributed by atoms with Gasteiger partial charge < -0.3 is 24.5 Å². The third kappa shape index (κ3) is 3.87. The van der Waals surface area contributed by atoms with Gasteiger partial charge in [0.1, 0.15) is 18.9 Å². The van der Waals surface area contributed by atoms with Gasteiger partial charge in [-0.3, -0.25) is 0 Å². The van der Waals surface area contributed by atoms with Gasteiger partial charge in [-0.05, 0) is 17.7 Å². The van der Waals surface area contributed by atoms with Gasteiger partial charge in [-0.1, -0.05) is 16.8 Å². The lowest BCUT2D eigenvalue weighted by Crippen LogP contribution is -2.01. The highest BCUT2D eigenvalue weighted by atomic mass is 35.5. The number of halogens is 1. The molecule has 114 valence electrons. The number of hydrogen-bond acceptors (Lipinski definition) is 6. The zero-order chi connectivity index (χ0) is 15.2. The zero-order valence-electron chi connectivity index (χ0n) is 11.9. The third-order valence-corrected chi connectivity index (χ3v) is 3.06. The normalized spacial score (nSPS) is 10.7. The van der Waals surface area contributed by atoms with Gasteiger partial charge in [-0.2, -0.15) is 0 Å². The van der Waals surface area contributed by atoms with Crippen LogP contribution in [-0.4, -0.2) is 19.4 Å². The number of benzene rings is 1. The minimum Gasteiger partial charge on any atom is -0.493 e. The van der Waals surface area contributed by atoms with Gasteiger partial charge in [0.25, 0.3) is 0 Å². The van der Waals surface area contributed by atoms with Crippen LogP contribution in [0, 0.1) is 0 Å².